The van der Waals surface area contributed by atoms with Gasteiger partial charge in [0.15, 0.2) is 5.60 Å². The van der Waals surface area contributed by atoms with Gasteiger partial charge in [-0.2, -0.15) is 11.8 Å². The quantitative estimate of drug-likeness (QED) is 0.546. The number of carbonyl (C=O) groups excluding carboxylic acids is 2. The zero-order valence-corrected chi connectivity index (χ0v) is 13.7. The van der Waals surface area contributed by atoms with Gasteiger partial charge < -0.3 is 14.2 Å². The van der Waals surface area contributed by atoms with Gasteiger partial charge in [0.05, 0.1) is 12.5 Å². The Bertz CT molecular complexity index is 463. The van der Waals surface area contributed by atoms with Crippen LogP contribution in [0.25, 0.3) is 0 Å². The Morgan fingerprint density at radius 2 is 2.14 bits per heavy atom. The summed E-state index contributed by atoms with van der Waals surface area (Å²) in [6.45, 7) is 2.04. The molecule has 0 N–H and O–H groups in total. The molecule has 2 bridgehead atoms. The zero-order valence-electron chi connectivity index (χ0n) is 12.9. The highest BCUT2D eigenvalue weighted by Gasteiger charge is 2.66. The average Bonchev–Trinajstić information content (AvgIpc) is 2.51. The van der Waals surface area contributed by atoms with Gasteiger partial charge in [-0.25, -0.2) is 0 Å². The fraction of sp³-hybridized carbons (Fsp3) is 0.733. The van der Waals surface area contributed by atoms with Gasteiger partial charge in [0.2, 0.25) is 5.78 Å². The summed E-state index contributed by atoms with van der Waals surface area (Å²) in [5.74, 6) is -0.746. The number of Topliss-reactive ketones (excluding diaryl/α,β-unsaturated/α-hetero) is 1. The van der Waals surface area contributed by atoms with Crippen molar-refractivity contribution in [2.45, 2.75) is 24.5 Å². The Morgan fingerprint density at radius 3 is 2.67 bits per heavy atom. The minimum atomic E-state index is -1.27. The van der Waals surface area contributed by atoms with Crippen LogP contribution in [0, 0.1) is 11.8 Å². The molecule has 0 heterocycles. The van der Waals surface area contributed by atoms with Gasteiger partial charge in [0.25, 0.3) is 0 Å². The van der Waals surface area contributed by atoms with Crippen molar-refractivity contribution in [2.75, 3.05) is 32.8 Å². The molecule has 6 heteroatoms. The van der Waals surface area contributed by atoms with E-state index >= 15 is 0 Å². The van der Waals surface area contributed by atoms with Crippen molar-refractivity contribution >= 4 is 23.5 Å². The minimum Gasteiger partial charge on any atom is -0.466 e. The lowest BCUT2D eigenvalue weighted by atomic mass is 9.58. The van der Waals surface area contributed by atoms with Gasteiger partial charge in [0, 0.05) is 25.9 Å². The molecule has 5 nitrogen and oxygen atoms in total. The molecule has 21 heavy (non-hydrogen) atoms. The van der Waals surface area contributed by atoms with Crippen LogP contribution in [0.2, 0.25) is 0 Å². The number of ether oxygens (including phenoxy) is 3. The monoisotopic (exact) mass is 314 g/mol. The van der Waals surface area contributed by atoms with Crippen molar-refractivity contribution in [3.8, 4) is 0 Å². The van der Waals surface area contributed by atoms with Crippen molar-refractivity contribution in [3.05, 3.63) is 12.2 Å². The molecule has 0 amide bonds. The Morgan fingerprint density at radius 1 is 1.43 bits per heavy atom. The predicted molar refractivity (Wildman–Crippen MR) is 80.2 cm³/mol. The van der Waals surface area contributed by atoms with E-state index in [0.29, 0.717) is 12.2 Å². The second-order valence-electron chi connectivity index (χ2n) is 5.36. The van der Waals surface area contributed by atoms with Crippen LogP contribution < -0.4 is 0 Å². The van der Waals surface area contributed by atoms with E-state index in [1.165, 1.54) is 7.11 Å². The average molecular weight is 314 g/mol. The third-order valence-corrected chi connectivity index (χ3v) is 5.27. The molecule has 0 aromatic rings. The summed E-state index contributed by atoms with van der Waals surface area (Å²) in [5.41, 5.74) is -2.19. The van der Waals surface area contributed by atoms with Gasteiger partial charge in [-0.3, -0.25) is 9.59 Å². The highest BCUT2D eigenvalue weighted by atomic mass is 32.2. The molecule has 118 valence electrons. The molecule has 3 aliphatic rings. The van der Waals surface area contributed by atoms with Crippen molar-refractivity contribution in [1.82, 2.24) is 0 Å². The van der Waals surface area contributed by atoms with Crippen molar-refractivity contribution in [3.63, 3.8) is 0 Å². The van der Waals surface area contributed by atoms with E-state index in [9.17, 15) is 9.59 Å². The maximum Gasteiger partial charge on any atom is 0.312 e. The first-order valence-corrected chi connectivity index (χ1v) is 8.42. The third kappa shape index (κ3) is 2.24. The smallest absolute Gasteiger partial charge is 0.312 e. The molecule has 0 unspecified atom stereocenters. The van der Waals surface area contributed by atoms with Gasteiger partial charge in [-0.1, -0.05) is 6.08 Å². The second-order valence-corrected chi connectivity index (χ2v) is 6.22. The Kier molecular flexibility index (Phi) is 4.80. The predicted octanol–water partition coefficient (Wildman–Crippen LogP) is 1.46. The van der Waals surface area contributed by atoms with Crippen LogP contribution in [0.5, 0.6) is 0 Å². The van der Waals surface area contributed by atoms with Crippen LogP contribution in [0.3, 0.4) is 0 Å². The zero-order chi connectivity index (χ0) is 15.7. The fourth-order valence-corrected chi connectivity index (χ4v) is 4.36. The van der Waals surface area contributed by atoms with E-state index in [0.717, 1.165) is 0 Å². The van der Waals surface area contributed by atoms with Gasteiger partial charge in [0.1, 0.15) is 5.60 Å². The van der Waals surface area contributed by atoms with Crippen LogP contribution in [0.1, 0.15) is 13.3 Å². The van der Waals surface area contributed by atoms with Crippen LogP contribution in [0.4, 0.5) is 0 Å². The first-order chi connectivity index (χ1) is 10.0. The lowest BCUT2D eigenvalue weighted by Crippen LogP contribution is -2.69. The number of rotatable bonds is 6. The Labute approximate surface area is 129 Å². The molecular weight excluding hydrogens is 292 g/mol. The van der Waals surface area contributed by atoms with Crippen LogP contribution in [-0.4, -0.2) is 55.8 Å². The van der Waals surface area contributed by atoms with Crippen LogP contribution >= 0.6 is 11.8 Å². The molecule has 4 atom stereocenters. The van der Waals surface area contributed by atoms with E-state index < -0.39 is 17.1 Å². The second kappa shape index (κ2) is 6.10. The Balaban J connectivity index is 2.44. The summed E-state index contributed by atoms with van der Waals surface area (Å²) in [7, 11) is 3.00. The maximum absolute atomic E-state index is 13.1. The van der Waals surface area contributed by atoms with E-state index in [4.69, 9.17) is 14.2 Å². The molecule has 0 aliphatic heterocycles. The normalized spacial score (nSPS) is 37.8. The van der Waals surface area contributed by atoms with E-state index in [2.05, 4.69) is 0 Å². The Hall–Kier alpha value is -0.850. The number of hydrogen-bond donors (Lipinski definition) is 0. The van der Waals surface area contributed by atoms with Crippen LogP contribution in [0.15, 0.2) is 12.2 Å². The topological polar surface area (TPSA) is 61.8 Å². The molecule has 1 fully saturated rings. The molecule has 3 rings (SSSR count). The summed E-state index contributed by atoms with van der Waals surface area (Å²) in [6.07, 6.45) is 6.09. The summed E-state index contributed by atoms with van der Waals surface area (Å²) >= 11 is 1.55. The standard InChI is InChI=1S/C15H22O5S/c1-5-20-12(16)11-8-10-6-7-14(11,18-2)13(17)15(10,19-3)9-21-4/h6-7,10-11H,5,8-9H2,1-4H3/t10-,11-,14-,15+/m1/s1. The molecule has 0 saturated heterocycles. The summed E-state index contributed by atoms with van der Waals surface area (Å²) in [6, 6.07) is 0. The van der Waals surface area contributed by atoms with Crippen molar-refractivity contribution < 1.29 is 23.8 Å². The summed E-state index contributed by atoms with van der Waals surface area (Å²) in [4.78, 5) is 25.3. The molecular formula is C15H22O5S. The van der Waals surface area contributed by atoms with Gasteiger partial charge in [-0.05, 0) is 25.7 Å². The first-order valence-electron chi connectivity index (χ1n) is 7.02. The molecule has 0 spiro atoms. The number of thioether (sulfide) groups is 1. The largest absolute Gasteiger partial charge is 0.466 e. The number of hydrogen-bond acceptors (Lipinski definition) is 6. The summed E-state index contributed by atoms with van der Waals surface area (Å²) < 4.78 is 16.3. The highest BCUT2D eigenvalue weighted by molar-refractivity contribution is 7.98. The number of fused-ring (bicyclic) bond motifs is 2. The maximum atomic E-state index is 13.1. The summed E-state index contributed by atoms with van der Waals surface area (Å²) in [5, 5.41) is 0. The third-order valence-electron chi connectivity index (χ3n) is 4.55. The number of carbonyl (C=O) groups is 2. The number of methoxy groups -OCH3 is 2. The van der Waals surface area contributed by atoms with Crippen molar-refractivity contribution in [1.29, 1.82) is 0 Å². The number of ketones is 1. The van der Waals surface area contributed by atoms with E-state index in [-0.39, 0.29) is 24.3 Å². The minimum absolute atomic E-state index is 0.131. The lowest BCUT2D eigenvalue weighted by molar-refractivity contribution is -0.191. The molecule has 0 aromatic carbocycles. The molecule has 1 saturated carbocycles. The van der Waals surface area contributed by atoms with Crippen molar-refractivity contribution in [2.24, 2.45) is 11.8 Å². The number of esters is 1. The SMILES string of the molecule is CCOC(=O)[C@H]1C[C@H]2C=C[C@]1(OC)C(=O)[C@@]2(CSC)OC. The van der Waals surface area contributed by atoms with Crippen LogP contribution in [-0.2, 0) is 23.8 Å². The molecule has 3 aliphatic carbocycles. The lowest BCUT2D eigenvalue weighted by Gasteiger charge is -2.53. The van der Waals surface area contributed by atoms with Gasteiger partial charge in [-0.15, -0.1) is 0 Å². The molecule has 0 aromatic heterocycles. The molecule has 0 radical (unpaired) electrons. The highest BCUT2D eigenvalue weighted by Crippen LogP contribution is 2.50. The first kappa shape index (κ1) is 16.5. The van der Waals surface area contributed by atoms with E-state index in [1.807, 2.05) is 12.3 Å². The van der Waals surface area contributed by atoms with E-state index in [1.54, 1.807) is 31.9 Å². The fourth-order valence-electron chi connectivity index (χ4n) is 3.47. The van der Waals surface area contributed by atoms with Gasteiger partial charge >= 0.3 is 5.97 Å².